The van der Waals surface area contributed by atoms with Gasteiger partial charge >= 0.3 is 0 Å². The van der Waals surface area contributed by atoms with Crippen LogP contribution < -0.4 is 0 Å². The van der Waals surface area contributed by atoms with E-state index in [0.29, 0.717) is 0 Å². The van der Waals surface area contributed by atoms with Gasteiger partial charge in [0.1, 0.15) is 4.87 Å². The molecule has 0 fully saturated rings. The summed E-state index contributed by atoms with van der Waals surface area (Å²) in [4.78, 5) is -0.652. The Morgan fingerprint density at radius 1 is 1.36 bits per heavy atom. The normalized spacial score (nSPS) is 15.5. The molecule has 0 saturated carbocycles. The highest BCUT2D eigenvalue weighted by Gasteiger charge is 2.18. The summed E-state index contributed by atoms with van der Waals surface area (Å²) in [6, 6.07) is 9.59. The molecule has 0 aromatic heterocycles. The average Bonchev–Trinajstić information content (AvgIpc) is 2.06. The van der Waals surface area contributed by atoms with Gasteiger partial charge in [-0.15, -0.1) is 11.6 Å². The molecule has 1 nitrogen and oxygen atoms in total. The Morgan fingerprint density at radius 2 is 1.91 bits per heavy atom. The summed E-state index contributed by atoms with van der Waals surface area (Å²) >= 11 is 6.00. The molecular weight excluding hydrogens is 158 g/mol. The second-order valence-corrected chi connectivity index (χ2v) is 3.37. The van der Waals surface area contributed by atoms with Crippen LogP contribution in [-0.4, -0.2) is 6.21 Å². The molecule has 0 aliphatic carbocycles. The van der Waals surface area contributed by atoms with Gasteiger partial charge in [-0.2, -0.15) is 0 Å². The minimum absolute atomic E-state index is 0.652. The predicted octanol–water partition coefficient (Wildman–Crippen LogP) is 2.79. The first-order valence-electron chi connectivity index (χ1n) is 3.43. The highest BCUT2D eigenvalue weighted by molar-refractivity contribution is 6.31. The van der Waals surface area contributed by atoms with Crippen LogP contribution in [0.5, 0.6) is 0 Å². The summed E-state index contributed by atoms with van der Waals surface area (Å²) in [6.45, 7) is 1.80. The van der Waals surface area contributed by atoms with Crippen LogP contribution in [0.25, 0.3) is 0 Å². The second kappa shape index (κ2) is 3.05. The minimum Gasteiger partial charge on any atom is -0.311 e. The number of hydrogen-bond donors (Lipinski definition) is 1. The van der Waals surface area contributed by atoms with Crippen molar-refractivity contribution in [3.8, 4) is 0 Å². The summed E-state index contributed by atoms with van der Waals surface area (Å²) in [6.07, 6.45) is 1.24. The van der Waals surface area contributed by atoms with Gasteiger partial charge < -0.3 is 5.41 Å². The molecule has 0 heterocycles. The lowest BCUT2D eigenvalue weighted by Crippen LogP contribution is -2.14. The molecule has 11 heavy (non-hydrogen) atoms. The number of hydrogen-bond acceptors (Lipinski definition) is 1. The van der Waals surface area contributed by atoms with Gasteiger partial charge in [0.2, 0.25) is 0 Å². The second-order valence-electron chi connectivity index (χ2n) is 2.59. The average molecular weight is 168 g/mol. The quantitative estimate of drug-likeness (QED) is 0.518. The van der Waals surface area contributed by atoms with Gasteiger partial charge in [0.05, 0.1) is 0 Å². The van der Waals surface area contributed by atoms with Gasteiger partial charge in [-0.05, 0) is 12.5 Å². The predicted molar refractivity (Wildman–Crippen MR) is 48.4 cm³/mol. The van der Waals surface area contributed by atoms with E-state index in [9.17, 15) is 0 Å². The summed E-state index contributed by atoms with van der Waals surface area (Å²) in [5.41, 5.74) is 0.955. The third-order valence-electron chi connectivity index (χ3n) is 1.61. The van der Waals surface area contributed by atoms with E-state index in [1.54, 1.807) is 6.92 Å². The van der Waals surface area contributed by atoms with E-state index in [1.165, 1.54) is 6.21 Å². The van der Waals surface area contributed by atoms with E-state index < -0.39 is 4.87 Å². The van der Waals surface area contributed by atoms with Crippen LogP contribution in [-0.2, 0) is 4.87 Å². The molecule has 1 aromatic carbocycles. The van der Waals surface area contributed by atoms with Gasteiger partial charge in [0.25, 0.3) is 0 Å². The molecule has 0 radical (unpaired) electrons. The first-order chi connectivity index (χ1) is 5.17. The molecular formula is C9H10ClN. The molecule has 0 amide bonds. The highest BCUT2D eigenvalue weighted by atomic mass is 35.5. The van der Waals surface area contributed by atoms with E-state index in [1.807, 2.05) is 30.3 Å². The van der Waals surface area contributed by atoms with Gasteiger partial charge in [-0.1, -0.05) is 30.3 Å². The Labute approximate surface area is 71.5 Å². The van der Waals surface area contributed by atoms with Crippen molar-refractivity contribution in [3.05, 3.63) is 35.9 Å². The molecule has 0 aliphatic rings. The Hall–Kier alpha value is -0.820. The molecule has 1 rings (SSSR count). The fourth-order valence-corrected chi connectivity index (χ4v) is 0.973. The maximum absolute atomic E-state index is 7.09. The van der Waals surface area contributed by atoms with Crippen LogP contribution in [0, 0.1) is 5.41 Å². The molecule has 1 aromatic rings. The van der Waals surface area contributed by atoms with Gasteiger partial charge in [0.15, 0.2) is 0 Å². The van der Waals surface area contributed by atoms with Crippen LogP contribution >= 0.6 is 11.6 Å². The van der Waals surface area contributed by atoms with Crippen LogP contribution in [0.4, 0.5) is 0 Å². The molecule has 0 bridgehead atoms. The molecule has 58 valence electrons. The van der Waals surface area contributed by atoms with E-state index in [-0.39, 0.29) is 0 Å². The highest BCUT2D eigenvalue weighted by Crippen LogP contribution is 2.25. The first-order valence-corrected chi connectivity index (χ1v) is 3.80. The molecule has 1 unspecified atom stereocenters. The Morgan fingerprint density at radius 3 is 2.36 bits per heavy atom. The van der Waals surface area contributed by atoms with Crippen molar-refractivity contribution in [2.45, 2.75) is 11.8 Å². The lowest BCUT2D eigenvalue weighted by molar-refractivity contribution is 0.932. The summed E-state index contributed by atoms with van der Waals surface area (Å²) < 4.78 is 0. The maximum Gasteiger partial charge on any atom is 0.101 e. The van der Waals surface area contributed by atoms with Crippen LogP contribution in [0.1, 0.15) is 12.5 Å². The zero-order valence-electron chi connectivity index (χ0n) is 6.34. The summed E-state index contributed by atoms with van der Waals surface area (Å²) in [5, 5.41) is 7.09. The Balaban J connectivity index is 3.02. The molecule has 0 spiro atoms. The van der Waals surface area contributed by atoms with Crippen molar-refractivity contribution in [2.24, 2.45) is 0 Å². The standard InChI is InChI=1S/C9H10ClN/c1-9(10,7-11)8-5-3-2-4-6-8/h2-7,11H,1H3. The number of rotatable bonds is 2. The minimum atomic E-state index is -0.652. The Bertz CT molecular complexity index is 241. The van der Waals surface area contributed by atoms with E-state index >= 15 is 0 Å². The van der Waals surface area contributed by atoms with Gasteiger partial charge in [-0.25, -0.2) is 0 Å². The lowest BCUT2D eigenvalue weighted by Gasteiger charge is -2.15. The molecule has 1 N–H and O–H groups in total. The van der Waals surface area contributed by atoms with E-state index in [0.717, 1.165) is 5.56 Å². The SMILES string of the molecule is CC(Cl)(C=N)c1ccccc1. The number of halogens is 1. The molecule has 2 heteroatoms. The monoisotopic (exact) mass is 167 g/mol. The first kappa shape index (κ1) is 8.28. The summed E-state index contributed by atoms with van der Waals surface area (Å²) in [7, 11) is 0. The largest absolute Gasteiger partial charge is 0.311 e. The van der Waals surface area contributed by atoms with Crippen molar-refractivity contribution in [1.82, 2.24) is 0 Å². The smallest absolute Gasteiger partial charge is 0.101 e. The Kier molecular flexibility index (Phi) is 2.30. The topological polar surface area (TPSA) is 23.9 Å². The third kappa shape index (κ3) is 1.81. The number of alkyl halides is 1. The lowest BCUT2D eigenvalue weighted by atomic mass is 10.0. The van der Waals surface area contributed by atoms with Gasteiger partial charge in [-0.3, -0.25) is 0 Å². The number of benzene rings is 1. The summed E-state index contributed by atoms with van der Waals surface area (Å²) in [5.74, 6) is 0. The zero-order chi connectivity index (χ0) is 8.32. The van der Waals surface area contributed by atoms with E-state index in [2.05, 4.69) is 0 Å². The van der Waals surface area contributed by atoms with Gasteiger partial charge in [0, 0.05) is 6.21 Å². The molecule has 1 atom stereocenters. The van der Waals surface area contributed by atoms with Crippen molar-refractivity contribution in [3.63, 3.8) is 0 Å². The molecule has 0 aliphatic heterocycles. The fraction of sp³-hybridized carbons (Fsp3) is 0.222. The third-order valence-corrected chi connectivity index (χ3v) is 1.94. The van der Waals surface area contributed by atoms with Crippen LogP contribution in [0.15, 0.2) is 30.3 Å². The van der Waals surface area contributed by atoms with Crippen molar-refractivity contribution < 1.29 is 0 Å². The van der Waals surface area contributed by atoms with Crippen molar-refractivity contribution in [2.75, 3.05) is 0 Å². The van der Waals surface area contributed by atoms with Crippen molar-refractivity contribution >= 4 is 17.8 Å². The maximum atomic E-state index is 7.09. The van der Waals surface area contributed by atoms with Crippen LogP contribution in [0.2, 0.25) is 0 Å². The number of nitrogens with one attached hydrogen (secondary N) is 1. The van der Waals surface area contributed by atoms with Crippen molar-refractivity contribution in [1.29, 1.82) is 5.41 Å². The van der Waals surface area contributed by atoms with Crippen LogP contribution in [0.3, 0.4) is 0 Å². The van der Waals surface area contributed by atoms with E-state index in [4.69, 9.17) is 17.0 Å². The zero-order valence-corrected chi connectivity index (χ0v) is 7.10. The molecule has 0 saturated heterocycles. The fourth-order valence-electron chi connectivity index (χ4n) is 0.847.